The minimum Gasteiger partial charge on any atom is -0.370 e. The van der Waals surface area contributed by atoms with Crippen LogP contribution < -0.4 is 10.6 Å². The number of para-hydroxylation sites is 2. The minimum atomic E-state index is -0.449. The van der Waals surface area contributed by atoms with E-state index >= 15 is 0 Å². The molecule has 4 heteroatoms. The molecule has 2 aromatic carbocycles. The molecule has 3 aromatic rings. The zero-order chi connectivity index (χ0) is 18.0. The Balaban J connectivity index is 2.17. The van der Waals surface area contributed by atoms with Crippen molar-refractivity contribution in [2.45, 2.75) is 13.5 Å². The van der Waals surface area contributed by atoms with Gasteiger partial charge in [-0.2, -0.15) is 0 Å². The number of hydrogen-bond acceptors (Lipinski definition) is 3. The van der Waals surface area contributed by atoms with Gasteiger partial charge in [-0.15, -0.1) is 0 Å². The Morgan fingerprint density at radius 3 is 2.56 bits per heavy atom. The van der Waals surface area contributed by atoms with Gasteiger partial charge in [-0.05, 0) is 30.7 Å². The number of rotatable bonds is 5. The van der Waals surface area contributed by atoms with Gasteiger partial charge in [0, 0.05) is 30.2 Å². The number of primary amides is 1. The summed E-state index contributed by atoms with van der Waals surface area (Å²) in [4.78, 5) is 19.0. The number of aromatic nitrogens is 1. The lowest BCUT2D eigenvalue weighted by atomic mass is 9.98. The van der Waals surface area contributed by atoms with Crippen LogP contribution in [-0.4, -0.2) is 17.9 Å². The Kier molecular flexibility index (Phi) is 4.52. The smallest absolute Gasteiger partial charge is 0.249 e. The topological polar surface area (TPSA) is 59.2 Å². The van der Waals surface area contributed by atoms with Crippen LogP contribution in [-0.2, 0) is 6.54 Å². The molecule has 3 rings (SSSR count). The summed E-state index contributed by atoms with van der Waals surface area (Å²) in [6.45, 7) is 6.44. The molecule has 126 valence electrons. The van der Waals surface area contributed by atoms with Crippen LogP contribution in [0.1, 0.15) is 27.2 Å². The predicted octanol–water partition coefficient (Wildman–Crippen LogP) is 3.92. The van der Waals surface area contributed by atoms with E-state index in [1.54, 1.807) is 6.08 Å². The number of carbonyl (C=O) groups is 1. The highest BCUT2D eigenvalue weighted by Crippen LogP contribution is 2.27. The van der Waals surface area contributed by atoms with Crippen LogP contribution in [0.3, 0.4) is 0 Å². The highest BCUT2D eigenvalue weighted by molar-refractivity contribution is 6.07. The summed E-state index contributed by atoms with van der Waals surface area (Å²) in [5.41, 5.74) is 10.7. The minimum absolute atomic E-state index is 0.449. The van der Waals surface area contributed by atoms with E-state index in [0.717, 1.165) is 22.2 Å². The molecule has 0 bridgehead atoms. The normalized spacial score (nSPS) is 10.6. The maximum atomic E-state index is 12.2. The number of anilines is 1. The number of amides is 1. The molecule has 0 saturated heterocycles. The molecule has 0 radical (unpaired) electrons. The van der Waals surface area contributed by atoms with E-state index in [1.807, 2.05) is 43.4 Å². The molecule has 0 saturated carbocycles. The lowest BCUT2D eigenvalue weighted by Gasteiger charge is -2.24. The standard InChI is InChI=1S/C21H21N3O/c1-4-17-16(13-24(3)19-12-8-5-9-14(19)2)20(21(22)25)15-10-6-7-11-18(15)23-17/h4-12H,1,13H2,2-3H3,(H2,22,25). The summed E-state index contributed by atoms with van der Waals surface area (Å²) in [5.74, 6) is -0.449. The summed E-state index contributed by atoms with van der Waals surface area (Å²) in [6.07, 6.45) is 1.68. The van der Waals surface area contributed by atoms with Crippen LogP contribution in [0, 0.1) is 6.92 Å². The van der Waals surface area contributed by atoms with Crippen LogP contribution in [0.25, 0.3) is 17.0 Å². The maximum absolute atomic E-state index is 12.2. The quantitative estimate of drug-likeness (QED) is 0.771. The second-order valence-electron chi connectivity index (χ2n) is 6.08. The van der Waals surface area contributed by atoms with Gasteiger partial charge in [-0.3, -0.25) is 4.79 Å². The first-order chi connectivity index (χ1) is 12.0. The Morgan fingerprint density at radius 2 is 1.88 bits per heavy atom. The van der Waals surface area contributed by atoms with Crippen molar-refractivity contribution in [1.82, 2.24) is 4.98 Å². The zero-order valence-corrected chi connectivity index (χ0v) is 14.5. The lowest BCUT2D eigenvalue weighted by Crippen LogP contribution is -2.23. The van der Waals surface area contributed by atoms with E-state index in [1.165, 1.54) is 5.56 Å². The van der Waals surface area contributed by atoms with Crippen molar-refractivity contribution in [3.8, 4) is 0 Å². The lowest BCUT2D eigenvalue weighted by molar-refractivity contribution is 0.100. The van der Waals surface area contributed by atoms with Gasteiger partial charge in [0.2, 0.25) is 5.91 Å². The molecule has 0 unspecified atom stereocenters. The maximum Gasteiger partial charge on any atom is 0.249 e. The Labute approximate surface area is 147 Å². The predicted molar refractivity (Wildman–Crippen MR) is 104 cm³/mol. The first-order valence-electron chi connectivity index (χ1n) is 8.13. The number of benzene rings is 2. The van der Waals surface area contributed by atoms with Gasteiger partial charge in [0.05, 0.1) is 16.8 Å². The zero-order valence-electron chi connectivity index (χ0n) is 14.5. The van der Waals surface area contributed by atoms with Gasteiger partial charge >= 0.3 is 0 Å². The Bertz CT molecular complexity index is 963. The molecule has 0 spiro atoms. The molecule has 1 aromatic heterocycles. The van der Waals surface area contributed by atoms with Crippen molar-refractivity contribution >= 4 is 28.6 Å². The average Bonchev–Trinajstić information content (AvgIpc) is 2.60. The molecule has 0 atom stereocenters. The summed E-state index contributed by atoms with van der Waals surface area (Å²) < 4.78 is 0. The van der Waals surface area contributed by atoms with Crippen molar-refractivity contribution in [3.05, 3.63) is 77.5 Å². The molecule has 25 heavy (non-hydrogen) atoms. The summed E-state index contributed by atoms with van der Waals surface area (Å²) in [5, 5.41) is 0.772. The van der Waals surface area contributed by atoms with Crippen LogP contribution >= 0.6 is 0 Å². The highest BCUT2D eigenvalue weighted by atomic mass is 16.1. The molecule has 2 N–H and O–H groups in total. The van der Waals surface area contributed by atoms with Crippen molar-refractivity contribution < 1.29 is 4.79 Å². The molecule has 0 aliphatic heterocycles. The third-order valence-corrected chi connectivity index (χ3v) is 4.39. The number of aryl methyl sites for hydroxylation is 1. The van der Waals surface area contributed by atoms with Gasteiger partial charge in [0.15, 0.2) is 0 Å². The average molecular weight is 331 g/mol. The first-order valence-corrected chi connectivity index (χ1v) is 8.13. The molecule has 0 aliphatic carbocycles. The van der Waals surface area contributed by atoms with Gasteiger partial charge in [0.25, 0.3) is 0 Å². The summed E-state index contributed by atoms with van der Waals surface area (Å²) in [6, 6.07) is 15.7. The molecule has 1 heterocycles. The Hall–Kier alpha value is -3.14. The number of hydrogen-bond donors (Lipinski definition) is 1. The third kappa shape index (κ3) is 3.11. The van der Waals surface area contributed by atoms with Crippen molar-refractivity contribution in [1.29, 1.82) is 0 Å². The molecule has 4 nitrogen and oxygen atoms in total. The van der Waals surface area contributed by atoms with E-state index in [0.29, 0.717) is 17.8 Å². The second kappa shape index (κ2) is 6.77. The molecular weight excluding hydrogens is 310 g/mol. The number of nitrogens with two attached hydrogens (primary N) is 1. The number of pyridine rings is 1. The number of carbonyl (C=O) groups excluding carboxylic acids is 1. The third-order valence-electron chi connectivity index (χ3n) is 4.39. The van der Waals surface area contributed by atoms with Crippen molar-refractivity contribution in [2.24, 2.45) is 5.73 Å². The van der Waals surface area contributed by atoms with Crippen LogP contribution in [0.15, 0.2) is 55.1 Å². The largest absolute Gasteiger partial charge is 0.370 e. The van der Waals surface area contributed by atoms with Gasteiger partial charge < -0.3 is 10.6 Å². The van der Waals surface area contributed by atoms with E-state index in [4.69, 9.17) is 5.73 Å². The molecule has 0 fully saturated rings. The van der Waals surface area contributed by atoms with E-state index in [9.17, 15) is 4.79 Å². The summed E-state index contributed by atoms with van der Waals surface area (Å²) in [7, 11) is 2.00. The van der Waals surface area contributed by atoms with Gasteiger partial charge in [0.1, 0.15) is 0 Å². The number of fused-ring (bicyclic) bond motifs is 1. The molecule has 0 aliphatic rings. The first kappa shape index (κ1) is 16.7. The monoisotopic (exact) mass is 331 g/mol. The molecule has 1 amide bonds. The SMILES string of the molecule is C=Cc1nc2ccccc2c(C(N)=O)c1CN(C)c1ccccc1C. The number of nitrogens with zero attached hydrogens (tertiary/aromatic N) is 2. The van der Waals surface area contributed by atoms with Crippen LogP contribution in [0.2, 0.25) is 0 Å². The fourth-order valence-electron chi connectivity index (χ4n) is 3.19. The summed E-state index contributed by atoms with van der Waals surface area (Å²) >= 11 is 0. The van der Waals surface area contributed by atoms with Crippen molar-refractivity contribution in [3.63, 3.8) is 0 Å². The van der Waals surface area contributed by atoms with E-state index in [-0.39, 0.29) is 0 Å². The van der Waals surface area contributed by atoms with Gasteiger partial charge in [-0.1, -0.05) is 43.0 Å². The van der Waals surface area contributed by atoms with E-state index < -0.39 is 5.91 Å². The fraction of sp³-hybridized carbons (Fsp3) is 0.143. The highest BCUT2D eigenvalue weighted by Gasteiger charge is 2.19. The van der Waals surface area contributed by atoms with E-state index in [2.05, 4.69) is 35.5 Å². The van der Waals surface area contributed by atoms with Crippen LogP contribution in [0.4, 0.5) is 5.69 Å². The fourth-order valence-corrected chi connectivity index (χ4v) is 3.19. The Morgan fingerprint density at radius 1 is 1.20 bits per heavy atom. The van der Waals surface area contributed by atoms with Gasteiger partial charge in [-0.25, -0.2) is 4.98 Å². The van der Waals surface area contributed by atoms with Crippen molar-refractivity contribution in [2.75, 3.05) is 11.9 Å². The molecular formula is C21H21N3O. The van der Waals surface area contributed by atoms with Crippen LogP contribution in [0.5, 0.6) is 0 Å². The second-order valence-corrected chi connectivity index (χ2v) is 6.08.